The molecule has 0 fully saturated rings. The van der Waals surface area contributed by atoms with Crippen LogP contribution in [0.1, 0.15) is 0 Å². The van der Waals surface area contributed by atoms with Crippen molar-refractivity contribution in [3.8, 4) is 0 Å². The molecule has 0 unspecified atom stereocenters. The molecule has 5 heteroatoms. The second kappa shape index (κ2) is 5.82. The van der Waals surface area contributed by atoms with Gasteiger partial charge in [0.05, 0.1) is 0 Å². The van der Waals surface area contributed by atoms with Crippen molar-refractivity contribution in [2.75, 3.05) is 0 Å². The van der Waals surface area contributed by atoms with E-state index in [4.69, 9.17) is 17.0 Å². The molecular formula is C11H11ClN4. The fourth-order valence-corrected chi connectivity index (χ4v) is 1.26. The van der Waals surface area contributed by atoms with Gasteiger partial charge >= 0.3 is 0 Å². The maximum atomic E-state index is 7.29. The number of allylic oxidation sites excluding steroid dienone is 5. The molecule has 2 N–H and O–H groups in total. The Kier molecular flexibility index (Phi) is 4.42. The lowest BCUT2D eigenvalue weighted by Crippen LogP contribution is -2.04. The Hall–Kier alpha value is -1.94. The molecule has 1 aliphatic heterocycles. The summed E-state index contributed by atoms with van der Waals surface area (Å²) < 4.78 is 0. The molecule has 0 aromatic carbocycles. The highest BCUT2D eigenvalue weighted by atomic mass is 35.5. The van der Waals surface area contributed by atoms with Crippen LogP contribution in [0.15, 0.2) is 56.9 Å². The number of nitrogens with zero attached hydrogens (tertiary/aromatic N) is 2. The lowest BCUT2D eigenvalue weighted by molar-refractivity contribution is 0.964. The van der Waals surface area contributed by atoms with Crippen LogP contribution >= 0.6 is 11.6 Å². The molecule has 0 aromatic rings. The zero-order valence-electron chi connectivity index (χ0n) is 8.57. The van der Waals surface area contributed by atoms with Crippen LogP contribution in [-0.2, 0) is 0 Å². The monoisotopic (exact) mass is 234 g/mol. The van der Waals surface area contributed by atoms with Gasteiger partial charge in [0.15, 0.2) is 0 Å². The fraction of sp³-hybridized carbons (Fsp3) is 0. The predicted octanol–water partition coefficient (Wildman–Crippen LogP) is 2.37. The minimum atomic E-state index is 0.466. The summed E-state index contributed by atoms with van der Waals surface area (Å²) in [6.45, 7) is 7.20. The van der Waals surface area contributed by atoms with E-state index in [1.54, 1.807) is 12.3 Å². The van der Waals surface area contributed by atoms with Gasteiger partial charge < -0.3 is 5.41 Å². The molecule has 1 rings (SSSR count). The molecule has 0 saturated heterocycles. The Bertz CT molecular complexity index is 441. The molecule has 0 aromatic heterocycles. The van der Waals surface area contributed by atoms with Crippen LogP contribution in [0.5, 0.6) is 0 Å². The molecule has 82 valence electrons. The molecule has 1 heterocycles. The number of hydrazone groups is 1. The minimum absolute atomic E-state index is 0.466. The first-order valence-corrected chi connectivity index (χ1v) is 4.79. The Labute approximate surface area is 98.9 Å². The van der Waals surface area contributed by atoms with Crippen molar-refractivity contribution >= 4 is 30.7 Å². The van der Waals surface area contributed by atoms with E-state index >= 15 is 0 Å². The van der Waals surface area contributed by atoms with E-state index in [1.807, 2.05) is 0 Å². The van der Waals surface area contributed by atoms with Gasteiger partial charge in [-0.1, -0.05) is 18.2 Å². The molecule has 0 bridgehead atoms. The third-order valence-electron chi connectivity index (χ3n) is 1.89. The summed E-state index contributed by atoms with van der Waals surface area (Å²) in [6, 6.07) is 0. The molecule has 0 aliphatic carbocycles. The van der Waals surface area contributed by atoms with Crippen molar-refractivity contribution in [2.24, 2.45) is 10.1 Å². The van der Waals surface area contributed by atoms with Crippen molar-refractivity contribution in [1.82, 2.24) is 5.43 Å². The summed E-state index contributed by atoms with van der Waals surface area (Å²) in [5.41, 5.74) is 4.50. The summed E-state index contributed by atoms with van der Waals surface area (Å²) in [5, 5.41) is 11.6. The number of rotatable bonds is 3. The van der Waals surface area contributed by atoms with Crippen molar-refractivity contribution < 1.29 is 0 Å². The molecule has 0 radical (unpaired) electrons. The second-order valence-corrected chi connectivity index (χ2v) is 3.28. The average molecular weight is 235 g/mol. The van der Waals surface area contributed by atoms with Gasteiger partial charge in [-0.25, -0.2) is 0 Å². The molecule has 1 aliphatic rings. The first-order valence-electron chi connectivity index (χ1n) is 4.41. The first-order chi connectivity index (χ1) is 7.70. The molecule has 0 amide bonds. The van der Waals surface area contributed by atoms with Crippen LogP contribution in [0.2, 0.25) is 0 Å². The molecular weight excluding hydrogens is 224 g/mol. The molecule has 4 nitrogen and oxygen atoms in total. The predicted molar refractivity (Wildman–Crippen MR) is 69.2 cm³/mol. The van der Waals surface area contributed by atoms with Crippen LogP contribution in [0.4, 0.5) is 0 Å². The normalized spacial score (nSPS) is 25.1. The molecule has 0 atom stereocenters. The summed E-state index contributed by atoms with van der Waals surface area (Å²) in [4.78, 5) is 3.62. The average Bonchev–Trinajstić information content (AvgIpc) is 2.28. The van der Waals surface area contributed by atoms with E-state index in [0.29, 0.717) is 21.8 Å². The number of hydrogen-bond donors (Lipinski definition) is 2. The Morgan fingerprint density at radius 3 is 3.00 bits per heavy atom. The molecule has 0 saturated carbocycles. The van der Waals surface area contributed by atoms with E-state index in [2.05, 4.69) is 28.8 Å². The van der Waals surface area contributed by atoms with E-state index in [1.165, 1.54) is 12.4 Å². The van der Waals surface area contributed by atoms with Gasteiger partial charge in [-0.2, -0.15) is 5.10 Å². The van der Waals surface area contributed by atoms with Gasteiger partial charge in [0.1, 0.15) is 0 Å². The molecule has 0 spiro atoms. The lowest BCUT2D eigenvalue weighted by Gasteiger charge is -2.11. The van der Waals surface area contributed by atoms with Crippen LogP contribution in [-0.4, -0.2) is 19.1 Å². The Morgan fingerprint density at radius 2 is 2.38 bits per heavy atom. The summed E-state index contributed by atoms with van der Waals surface area (Å²) in [6.07, 6.45) is 7.37. The third kappa shape index (κ3) is 2.77. The first kappa shape index (κ1) is 12.1. The quantitative estimate of drug-likeness (QED) is 0.724. The van der Waals surface area contributed by atoms with Crippen molar-refractivity contribution in [3.63, 3.8) is 0 Å². The number of halogens is 1. The number of aliphatic imine (C=N–C) groups is 1. The zero-order valence-corrected chi connectivity index (χ0v) is 9.33. The van der Waals surface area contributed by atoms with Crippen LogP contribution < -0.4 is 5.43 Å². The molecule has 16 heavy (non-hydrogen) atoms. The summed E-state index contributed by atoms with van der Waals surface area (Å²) in [5.74, 6) is 0. The maximum Gasteiger partial charge on any atom is 0.0495 e. The van der Waals surface area contributed by atoms with Gasteiger partial charge in [0.25, 0.3) is 0 Å². The van der Waals surface area contributed by atoms with E-state index in [9.17, 15) is 0 Å². The SMILES string of the molecule is C=N/C=C(C=N)/C1=C/N/N=C\C=C(\Cl)C1=C. The second-order valence-electron chi connectivity index (χ2n) is 2.87. The topological polar surface area (TPSA) is 60.6 Å². The summed E-state index contributed by atoms with van der Waals surface area (Å²) in [7, 11) is 0. The van der Waals surface area contributed by atoms with Gasteiger partial charge in [-0.15, -0.1) is 0 Å². The van der Waals surface area contributed by atoms with Crippen LogP contribution in [0, 0.1) is 5.41 Å². The minimum Gasteiger partial charge on any atom is -0.308 e. The van der Waals surface area contributed by atoms with Crippen LogP contribution in [0.25, 0.3) is 0 Å². The summed E-state index contributed by atoms with van der Waals surface area (Å²) >= 11 is 5.99. The Balaban J connectivity index is 3.20. The highest BCUT2D eigenvalue weighted by molar-refractivity contribution is 6.33. The van der Waals surface area contributed by atoms with Crippen molar-refractivity contribution in [1.29, 1.82) is 5.41 Å². The van der Waals surface area contributed by atoms with Crippen molar-refractivity contribution in [3.05, 3.63) is 46.8 Å². The van der Waals surface area contributed by atoms with Crippen LogP contribution in [0.3, 0.4) is 0 Å². The standard InChI is InChI=1S/C11H11ClN4/c1-8-10(9(5-13)6-14-2)7-16-15-4-3-11(8)12/h3-7,13,16H,1-2H2/b9-6+,10-7+,11-3+,13-5?,15-4-. The van der Waals surface area contributed by atoms with E-state index < -0.39 is 0 Å². The highest BCUT2D eigenvalue weighted by Crippen LogP contribution is 2.25. The fourth-order valence-electron chi connectivity index (χ4n) is 1.10. The number of hydrogen-bond acceptors (Lipinski definition) is 4. The third-order valence-corrected chi connectivity index (χ3v) is 2.24. The Morgan fingerprint density at radius 1 is 1.62 bits per heavy atom. The maximum absolute atomic E-state index is 7.29. The number of nitrogens with one attached hydrogen (secondary N) is 2. The van der Waals surface area contributed by atoms with Gasteiger partial charge in [0.2, 0.25) is 0 Å². The lowest BCUT2D eigenvalue weighted by atomic mass is 10.0. The smallest absolute Gasteiger partial charge is 0.0495 e. The van der Waals surface area contributed by atoms with Gasteiger partial charge in [0, 0.05) is 41.0 Å². The van der Waals surface area contributed by atoms with Gasteiger partial charge in [-0.05, 0) is 18.4 Å². The van der Waals surface area contributed by atoms with Gasteiger partial charge in [-0.3, -0.25) is 10.4 Å². The van der Waals surface area contributed by atoms with E-state index in [-0.39, 0.29) is 0 Å². The highest BCUT2D eigenvalue weighted by Gasteiger charge is 2.11. The zero-order chi connectivity index (χ0) is 12.0. The van der Waals surface area contributed by atoms with Crippen molar-refractivity contribution in [2.45, 2.75) is 0 Å². The van der Waals surface area contributed by atoms with E-state index in [0.717, 1.165) is 6.21 Å². The largest absolute Gasteiger partial charge is 0.308 e.